The number of carbonyl (C=O) groups excluding carboxylic acids is 1. The Morgan fingerprint density at radius 2 is 1.87 bits per heavy atom. The van der Waals surface area contributed by atoms with Gasteiger partial charge in [-0.05, 0) is 35.9 Å². The predicted octanol–water partition coefficient (Wildman–Crippen LogP) is 6.79. The Hall–Kier alpha value is -2.29. The molecule has 0 atom stereocenters. The van der Waals surface area contributed by atoms with Gasteiger partial charge in [-0.15, -0.1) is 11.3 Å². The number of imidazole rings is 1. The van der Waals surface area contributed by atoms with Gasteiger partial charge in [0.15, 0.2) is 10.9 Å². The molecule has 0 saturated heterocycles. The van der Waals surface area contributed by atoms with Crippen LogP contribution in [0.4, 0.5) is 13.2 Å². The van der Waals surface area contributed by atoms with Gasteiger partial charge in [-0.2, -0.15) is 13.2 Å². The van der Waals surface area contributed by atoms with Crippen molar-refractivity contribution >= 4 is 51.5 Å². The molecular formula is C21H14ClF3N2OS2. The number of hydrogen-bond donors (Lipinski definition) is 0. The molecule has 4 rings (SSSR count). The van der Waals surface area contributed by atoms with Gasteiger partial charge in [0.2, 0.25) is 0 Å². The number of carbonyl (C=O) groups is 1. The van der Waals surface area contributed by atoms with Crippen molar-refractivity contribution in [1.29, 1.82) is 0 Å². The summed E-state index contributed by atoms with van der Waals surface area (Å²) < 4.78 is 41.7. The van der Waals surface area contributed by atoms with Gasteiger partial charge in [-0.1, -0.05) is 53.7 Å². The Labute approximate surface area is 183 Å². The van der Waals surface area contributed by atoms with Crippen LogP contribution in [0.3, 0.4) is 0 Å². The molecule has 154 valence electrons. The standard InChI is InChI=1S/C21H14ClF3N2OS2/c22-19-9-8-18(30-19)17(28)12-29-20-26-15-10-14(21(23,24)25)6-7-16(15)27(20)11-13-4-2-1-3-5-13/h1-10H,11-12H2. The van der Waals surface area contributed by atoms with Crippen molar-refractivity contribution in [2.24, 2.45) is 0 Å². The van der Waals surface area contributed by atoms with Crippen molar-refractivity contribution < 1.29 is 18.0 Å². The molecule has 3 nitrogen and oxygen atoms in total. The molecule has 0 aliphatic carbocycles. The van der Waals surface area contributed by atoms with Crippen molar-refractivity contribution in [2.75, 3.05) is 5.75 Å². The Morgan fingerprint density at radius 3 is 2.53 bits per heavy atom. The molecule has 2 heterocycles. The van der Waals surface area contributed by atoms with Crippen LogP contribution >= 0.6 is 34.7 Å². The number of hydrogen-bond acceptors (Lipinski definition) is 4. The fourth-order valence-corrected chi connectivity index (χ4v) is 4.95. The van der Waals surface area contributed by atoms with E-state index in [1.54, 1.807) is 12.1 Å². The lowest BCUT2D eigenvalue weighted by Crippen LogP contribution is -2.05. The first-order valence-electron chi connectivity index (χ1n) is 8.84. The first kappa shape index (κ1) is 21.0. The number of alkyl halides is 3. The summed E-state index contributed by atoms with van der Waals surface area (Å²) in [6.45, 7) is 0.435. The van der Waals surface area contributed by atoms with Crippen molar-refractivity contribution in [3.63, 3.8) is 0 Å². The number of nitrogens with zero attached hydrogens (tertiary/aromatic N) is 2. The van der Waals surface area contributed by atoms with Crippen LogP contribution in [0.15, 0.2) is 65.8 Å². The fourth-order valence-electron chi connectivity index (χ4n) is 2.98. The highest BCUT2D eigenvalue weighted by molar-refractivity contribution is 7.99. The second-order valence-electron chi connectivity index (χ2n) is 6.48. The zero-order valence-corrected chi connectivity index (χ0v) is 17.7. The average Bonchev–Trinajstić information content (AvgIpc) is 3.30. The van der Waals surface area contributed by atoms with Gasteiger partial charge >= 0.3 is 6.18 Å². The third-order valence-electron chi connectivity index (χ3n) is 4.40. The maximum Gasteiger partial charge on any atom is 0.416 e. The van der Waals surface area contributed by atoms with Crippen LogP contribution in [0.2, 0.25) is 4.34 Å². The number of thioether (sulfide) groups is 1. The van der Waals surface area contributed by atoms with Crippen molar-refractivity contribution in [3.05, 3.63) is 81.0 Å². The monoisotopic (exact) mass is 466 g/mol. The smallest absolute Gasteiger partial charge is 0.314 e. The summed E-state index contributed by atoms with van der Waals surface area (Å²) in [5.74, 6) is 0.00681. The van der Waals surface area contributed by atoms with E-state index in [2.05, 4.69) is 4.98 Å². The van der Waals surface area contributed by atoms with Crippen LogP contribution in [-0.2, 0) is 12.7 Å². The van der Waals surface area contributed by atoms with Gasteiger partial charge in [0, 0.05) is 0 Å². The quantitative estimate of drug-likeness (QED) is 0.232. The second kappa shape index (κ2) is 8.45. The summed E-state index contributed by atoms with van der Waals surface area (Å²) in [6, 6.07) is 16.4. The minimum absolute atomic E-state index is 0.105. The largest absolute Gasteiger partial charge is 0.416 e. The highest BCUT2D eigenvalue weighted by Gasteiger charge is 2.31. The molecule has 0 spiro atoms. The lowest BCUT2D eigenvalue weighted by atomic mass is 10.2. The number of aromatic nitrogens is 2. The lowest BCUT2D eigenvalue weighted by molar-refractivity contribution is -0.137. The van der Waals surface area contributed by atoms with E-state index < -0.39 is 11.7 Å². The SMILES string of the molecule is O=C(CSc1nc2cc(C(F)(F)F)ccc2n1Cc1ccccc1)c1ccc(Cl)s1. The van der Waals surface area contributed by atoms with Crippen molar-refractivity contribution in [2.45, 2.75) is 17.9 Å². The van der Waals surface area contributed by atoms with E-state index in [1.165, 1.54) is 29.2 Å². The average molecular weight is 467 g/mol. The van der Waals surface area contributed by atoms with Gasteiger partial charge in [0.05, 0.1) is 38.1 Å². The molecular weight excluding hydrogens is 453 g/mol. The van der Waals surface area contributed by atoms with Crippen LogP contribution in [0, 0.1) is 0 Å². The molecule has 0 unspecified atom stereocenters. The summed E-state index contributed by atoms with van der Waals surface area (Å²) in [6.07, 6.45) is -4.45. The third-order valence-corrected chi connectivity index (χ3v) is 6.65. The van der Waals surface area contributed by atoms with Gasteiger partial charge in [0.25, 0.3) is 0 Å². The molecule has 0 saturated carbocycles. The molecule has 30 heavy (non-hydrogen) atoms. The number of ketones is 1. The maximum atomic E-state index is 13.1. The molecule has 0 amide bonds. The van der Waals surface area contributed by atoms with Gasteiger partial charge in [0.1, 0.15) is 0 Å². The van der Waals surface area contributed by atoms with E-state index in [4.69, 9.17) is 11.6 Å². The molecule has 4 aromatic rings. The first-order valence-corrected chi connectivity index (χ1v) is 11.0. The lowest BCUT2D eigenvalue weighted by Gasteiger charge is -2.10. The topological polar surface area (TPSA) is 34.9 Å². The number of fused-ring (bicyclic) bond motifs is 1. The normalized spacial score (nSPS) is 11.9. The van der Waals surface area contributed by atoms with E-state index in [1.807, 2.05) is 34.9 Å². The minimum atomic E-state index is -4.45. The Kier molecular flexibility index (Phi) is 5.90. The molecule has 0 bridgehead atoms. The second-order valence-corrected chi connectivity index (χ2v) is 9.14. The van der Waals surface area contributed by atoms with Crippen LogP contribution in [0.5, 0.6) is 0 Å². The third kappa shape index (κ3) is 4.55. The van der Waals surface area contributed by atoms with Crippen LogP contribution in [0.25, 0.3) is 11.0 Å². The molecule has 9 heteroatoms. The number of thiophene rings is 1. The number of Topliss-reactive ketones (excluding diaryl/α,β-unsaturated/α-hetero) is 1. The van der Waals surface area contributed by atoms with Crippen molar-refractivity contribution in [3.8, 4) is 0 Å². The van der Waals surface area contributed by atoms with Crippen LogP contribution in [0.1, 0.15) is 20.8 Å². The summed E-state index contributed by atoms with van der Waals surface area (Å²) in [5, 5.41) is 0.490. The van der Waals surface area contributed by atoms with Crippen LogP contribution < -0.4 is 0 Å². The zero-order chi connectivity index (χ0) is 21.3. The molecule has 0 aliphatic heterocycles. The van der Waals surface area contributed by atoms with Gasteiger partial charge < -0.3 is 4.57 Å². The summed E-state index contributed by atoms with van der Waals surface area (Å²) >= 11 is 8.29. The predicted molar refractivity (Wildman–Crippen MR) is 115 cm³/mol. The van der Waals surface area contributed by atoms with E-state index >= 15 is 0 Å². The number of benzene rings is 2. The highest BCUT2D eigenvalue weighted by Crippen LogP contribution is 2.33. The minimum Gasteiger partial charge on any atom is -0.314 e. The summed E-state index contributed by atoms with van der Waals surface area (Å²) in [5.41, 5.74) is 1.06. The van der Waals surface area contributed by atoms with E-state index in [-0.39, 0.29) is 17.1 Å². The van der Waals surface area contributed by atoms with Gasteiger partial charge in [-0.25, -0.2) is 4.98 Å². The molecule has 2 aromatic heterocycles. The summed E-state index contributed by atoms with van der Waals surface area (Å²) in [7, 11) is 0. The first-order chi connectivity index (χ1) is 14.3. The molecule has 0 aliphatic rings. The molecule has 2 aromatic carbocycles. The zero-order valence-electron chi connectivity index (χ0n) is 15.3. The maximum absolute atomic E-state index is 13.1. The van der Waals surface area contributed by atoms with E-state index in [0.29, 0.717) is 26.4 Å². The summed E-state index contributed by atoms with van der Waals surface area (Å²) in [4.78, 5) is 17.4. The molecule has 0 radical (unpaired) electrons. The number of halogens is 4. The Bertz CT molecular complexity index is 1200. The van der Waals surface area contributed by atoms with E-state index in [9.17, 15) is 18.0 Å². The Balaban J connectivity index is 1.68. The van der Waals surface area contributed by atoms with E-state index in [0.717, 1.165) is 17.7 Å². The van der Waals surface area contributed by atoms with Gasteiger partial charge in [-0.3, -0.25) is 4.79 Å². The van der Waals surface area contributed by atoms with Crippen molar-refractivity contribution in [1.82, 2.24) is 9.55 Å². The van der Waals surface area contributed by atoms with Crippen LogP contribution in [-0.4, -0.2) is 21.1 Å². The Morgan fingerprint density at radius 1 is 1.10 bits per heavy atom. The highest BCUT2D eigenvalue weighted by atomic mass is 35.5. The fraction of sp³-hybridized carbons (Fsp3) is 0.143. The molecule has 0 fully saturated rings. The molecule has 0 N–H and O–H groups in total. The number of rotatable bonds is 6.